The molecule has 1 aromatic rings. The second kappa shape index (κ2) is 6.23. The van der Waals surface area contributed by atoms with Gasteiger partial charge in [-0.05, 0) is 24.6 Å². The van der Waals surface area contributed by atoms with Gasteiger partial charge in [0.2, 0.25) is 0 Å². The van der Waals surface area contributed by atoms with Crippen molar-refractivity contribution < 1.29 is 9.50 Å². The van der Waals surface area contributed by atoms with E-state index in [0.29, 0.717) is 6.54 Å². The van der Waals surface area contributed by atoms with E-state index < -0.39 is 0 Å². The van der Waals surface area contributed by atoms with Gasteiger partial charge in [-0.2, -0.15) is 0 Å². The lowest BCUT2D eigenvalue weighted by molar-refractivity contribution is 0.196. The van der Waals surface area contributed by atoms with Crippen molar-refractivity contribution in [2.75, 3.05) is 6.54 Å². The lowest BCUT2D eigenvalue weighted by Crippen LogP contribution is -2.20. The van der Waals surface area contributed by atoms with E-state index in [1.807, 2.05) is 6.92 Å². The quantitative estimate of drug-likeness (QED) is 0.834. The number of hydrogen-bond acceptors (Lipinski definition) is 3. The highest BCUT2D eigenvalue weighted by atomic mass is 32.2. The normalized spacial score (nSPS) is 16.8. The van der Waals surface area contributed by atoms with E-state index in [-0.39, 0.29) is 22.4 Å². The fourth-order valence-corrected chi connectivity index (χ4v) is 2.49. The minimum atomic E-state index is -0.375. The molecule has 3 atom stereocenters. The van der Waals surface area contributed by atoms with Crippen LogP contribution in [0.5, 0.6) is 0 Å². The Bertz CT molecular complexity index is 315. The van der Waals surface area contributed by atoms with Crippen molar-refractivity contribution in [2.45, 2.75) is 30.5 Å². The largest absolute Gasteiger partial charge is 0.392 e. The monoisotopic (exact) mass is 243 g/mol. The number of aliphatic hydroxyl groups excluding tert-OH is 1. The Morgan fingerprint density at radius 2 is 1.88 bits per heavy atom. The Morgan fingerprint density at radius 3 is 2.31 bits per heavy atom. The van der Waals surface area contributed by atoms with Crippen molar-refractivity contribution in [3.8, 4) is 0 Å². The third kappa shape index (κ3) is 3.77. The summed E-state index contributed by atoms with van der Waals surface area (Å²) in [5.74, 6) is -0.243. The second-order valence-corrected chi connectivity index (χ2v) is 5.44. The van der Waals surface area contributed by atoms with Crippen LogP contribution < -0.4 is 5.73 Å². The summed E-state index contributed by atoms with van der Waals surface area (Å²) in [5, 5.41) is 9.65. The van der Waals surface area contributed by atoms with Gasteiger partial charge in [-0.25, -0.2) is 4.39 Å². The van der Waals surface area contributed by atoms with Crippen molar-refractivity contribution in [3.05, 3.63) is 35.6 Å². The van der Waals surface area contributed by atoms with Crippen LogP contribution in [0.25, 0.3) is 0 Å². The molecule has 0 spiro atoms. The van der Waals surface area contributed by atoms with Crippen LogP contribution >= 0.6 is 11.8 Å². The first-order valence-corrected chi connectivity index (χ1v) is 6.28. The zero-order valence-electron chi connectivity index (χ0n) is 9.56. The van der Waals surface area contributed by atoms with Crippen LogP contribution in [0, 0.1) is 5.82 Å². The van der Waals surface area contributed by atoms with Gasteiger partial charge in [0.15, 0.2) is 0 Å². The molecule has 1 rings (SSSR count). The molecule has 0 saturated carbocycles. The maximum absolute atomic E-state index is 12.8. The SMILES string of the molecule is CC(O)C(C)SC(CN)c1ccc(F)cc1. The lowest BCUT2D eigenvalue weighted by atomic mass is 10.1. The molecule has 2 nitrogen and oxygen atoms in total. The highest BCUT2D eigenvalue weighted by Crippen LogP contribution is 2.32. The van der Waals surface area contributed by atoms with Gasteiger partial charge in [-0.15, -0.1) is 11.8 Å². The van der Waals surface area contributed by atoms with Crippen LogP contribution in [0.1, 0.15) is 24.7 Å². The summed E-state index contributed by atoms with van der Waals surface area (Å²) >= 11 is 1.61. The summed E-state index contributed by atoms with van der Waals surface area (Å²) in [6, 6.07) is 6.36. The molecule has 0 aliphatic rings. The summed E-state index contributed by atoms with van der Waals surface area (Å²) in [7, 11) is 0. The van der Waals surface area contributed by atoms with E-state index in [4.69, 9.17) is 5.73 Å². The van der Waals surface area contributed by atoms with Crippen molar-refractivity contribution >= 4 is 11.8 Å². The zero-order valence-corrected chi connectivity index (χ0v) is 10.4. The van der Waals surface area contributed by atoms with Crippen LogP contribution in [0.4, 0.5) is 4.39 Å². The molecule has 4 heteroatoms. The number of halogens is 1. The fraction of sp³-hybridized carbons (Fsp3) is 0.500. The van der Waals surface area contributed by atoms with Crippen LogP contribution in [-0.4, -0.2) is 23.0 Å². The number of aliphatic hydroxyl groups is 1. The Morgan fingerprint density at radius 1 is 1.31 bits per heavy atom. The molecule has 90 valence electrons. The molecule has 0 aliphatic carbocycles. The maximum Gasteiger partial charge on any atom is 0.123 e. The van der Waals surface area contributed by atoms with Gasteiger partial charge in [0.05, 0.1) is 6.10 Å². The Labute approximate surface area is 100 Å². The van der Waals surface area contributed by atoms with Gasteiger partial charge in [0.25, 0.3) is 0 Å². The standard InChI is InChI=1S/C12H18FNOS/c1-8(15)9(2)16-12(7-14)10-3-5-11(13)6-4-10/h3-6,8-9,12,15H,7,14H2,1-2H3. The topological polar surface area (TPSA) is 46.2 Å². The van der Waals surface area contributed by atoms with Crippen molar-refractivity contribution in [2.24, 2.45) is 5.73 Å². The van der Waals surface area contributed by atoms with E-state index in [0.717, 1.165) is 5.56 Å². The lowest BCUT2D eigenvalue weighted by Gasteiger charge is -2.21. The minimum Gasteiger partial charge on any atom is -0.392 e. The van der Waals surface area contributed by atoms with Crippen molar-refractivity contribution in [1.29, 1.82) is 0 Å². The van der Waals surface area contributed by atoms with Crippen LogP contribution in [0.2, 0.25) is 0 Å². The zero-order chi connectivity index (χ0) is 12.1. The highest BCUT2D eigenvalue weighted by molar-refractivity contribution is 8.00. The van der Waals surface area contributed by atoms with E-state index in [1.165, 1.54) is 12.1 Å². The molecule has 16 heavy (non-hydrogen) atoms. The summed E-state index contributed by atoms with van der Waals surface area (Å²) in [5.41, 5.74) is 6.70. The van der Waals surface area contributed by atoms with Crippen molar-refractivity contribution in [1.82, 2.24) is 0 Å². The minimum absolute atomic E-state index is 0.102. The molecule has 3 unspecified atom stereocenters. The van der Waals surface area contributed by atoms with Crippen LogP contribution in [-0.2, 0) is 0 Å². The smallest absolute Gasteiger partial charge is 0.123 e. The predicted molar refractivity (Wildman–Crippen MR) is 66.9 cm³/mol. The van der Waals surface area contributed by atoms with Crippen LogP contribution in [0.15, 0.2) is 24.3 Å². The molecular formula is C12H18FNOS. The van der Waals surface area contributed by atoms with Crippen molar-refractivity contribution in [3.63, 3.8) is 0 Å². The van der Waals surface area contributed by atoms with Gasteiger partial charge in [-0.1, -0.05) is 19.1 Å². The number of rotatable bonds is 5. The Balaban J connectivity index is 2.70. The Kier molecular flexibility index (Phi) is 5.25. The van der Waals surface area contributed by atoms with E-state index >= 15 is 0 Å². The summed E-state index contributed by atoms with van der Waals surface area (Å²) in [6.07, 6.45) is -0.375. The predicted octanol–water partition coefficient (Wildman–Crippen LogP) is 2.33. The second-order valence-electron chi connectivity index (χ2n) is 3.86. The molecule has 0 bridgehead atoms. The molecule has 0 saturated heterocycles. The molecular weight excluding hydrogens is 225 g/mol. The number of nitrogens with two attached hydrogens (primary N) is 1. The van der Waals surface area contributed by atoms with Gasteiger partial charge < -0.3 is 10.8 Å². The van der Waals surface area contributed by atoms with Crippen LogP contribution in [0.3, 0.4) is 0 Å². The van der Waals surface area contributed by atoms with E-state index in [9.17, 15) is 9.50 Å². The molecule has 0 heterocycles. The van der Waals surface area contributed by atoms with Gasteiger partial charge in [0, 0.05) is 17.0 Å². The summed E-state index contributed by atoms with van der Waals surface area (Å²) in [4.78, 5) is 0. The number of hydrogen-bond donors (Lipinski definition) is 2. The first-order chi connectivity index (χ1) is 7.54. The third-order valence-corrected chi connectivity index (χ3v) is 4.13. The van der Waals surface area contributed by atoms with Gasteiger partial charge >= 0.3 is 0 Å². The third-order valence-electron chi connectivity index (χ3n) is 2.51. The first kappa shape index (κ1) is 13.5. The fourth-order valence-electron chi connectivity index (χ4n) is 1.32. The molecule has 1 aromatic carbocycles. The average molecular weight is 243 g/mol. The Hall–Kier alpha value is -0.580. The molecule has 3 N–H and O–H groups in total. The van der Waals surface area contributed by atoms with E-state index in [2.05, 4.69) is 0 Å². The molecule has 0 radical (unpaired) electrons. The summed E-state index contributed by atoms with van der Waals surface area (Å²) in [6.45, 7) is 4.20. The summed E-state index contributed by atoms with van der Waals surface area (Å²) < 4.78 is 12.8. The molecule has 0 aromatic heterocycles. The number of benzene rings is 1. The number of thioether (sulfide) groups is 1. The maximum atomic E-state index is 12.8. The molecule has 0 aliphatic heterocycles. The first-order valence-electron chi connectivity index (χ1n) is 5.33. The molecule has 0 amide bonds. The highest BCUT2D eigenvalue weighted by Gasteiger charge is 2.17. The van der Waals surface area contributed by atoms with Gasteiger partial charge in [-0.3, -0.25) is 0 Å². The molecule has 0 fully saturated rings. The van der Waals surface area contributed by atoms with Gasteiger partial charge in [0.1, 0.15) is 5.82 Å². The van der Waals surface area contributed by atoms with E-state index in [1.54, 1.807) is 30.8 Å². The average Bonchev–Trinajstić information content (AvgIpc) is 2.26.